The van der Waals surface area contributed by atoms with Crippen molar-refractivity contribution in [3.05, 3.63) is 91.3 Å². The Morgan fingerprint density at radius 3 is 1.54 bits per heavy atom. The van der Waals surface area contributed by atoms with E-state index >= 15 is 0 Å². The third kappa shape index (κ3) is 2.92. The van der Waals surface area contributed by atoms with Gasteiger partial charge in [0.1, 0.15) is 0 Å². The summed E-state index contributed by atoms with van der Waals surface area (Å²) in [5.41, 5.74) is 2.93. The van der Waals surface area contributed by atoms with Crippen LogP contribution in [-0.4, -0.2) is 15.0 Å². The van der Waals surface area contributed by atoms with Crippen LogP contribution in [0, 0.1) is 0 Å². The van der Waals surface area contributed by atoms with E-state index in [1.807, 2.05) is 60.7 Å². The quantitative estimate of drug-likeness (QED) is 0.377. The van der Waals surface area contributed by atoms with Crippen molar-refractivity contribution < 1.29 is 0 Å². The van der Waals surface area contributed by atoms with Gasteiger partial charge in [-0.1, -0.05) is 36.4 Å². The molecule has 3 heteroatoms. The molecule has 0 fully saturated rings. The van der Waals surface area contributed by atoms with E-state index in [1.54, 1.807) is 12.4 Å². The summed E-state index contributed by atoms with van der Waals surface area (Å²) in [4.78, 5) is 12.7. The molecule has 3 heterocycles. The summed E-state index contributed by atoms with van der Waals surface area (Å²) in [6.45, 7) is 0. The van der Waals surface area contributed by atoms with Crippen LogP contribution >= 0.6 is 0 Å². The molecule has 0 saturated carbocycles. The van der Waals surface area contributed by atoms with Crippen molar-refractivity contribution in [1.82, 2.24) is 15.0 Å². The minimum absolute atomic E-state index is 0.810. The second-order valence-corrected chi connectivity index (χ2v) is 5.43. The molecule has 0 unspecified atom stereocenters. The Morgan fingerprint density at radius 2 is 1.00 bits per heavy atom. The first-order valence-electron chi connectivity index (χ1n) is 7.80. The molecule has 0 aliphatic rings. The highest BCUT2D eigenvalue weighted by molar-refractivity contribution is 5.92. The van der Waals surface area contributed by atoms with Crippen LogP contribution in [0.3, 0.4) is 0 Å². The van der Waals surface area contributed by atoms with Crippen molar-refractivity contribution in [2.24, 2.45) is 0 Å². The van der Waals surface area contributed by atoms with Crippen LogP contribution in [0.25, 0.3) is 32.8 Å². The van der Waals surface area contributed by atoms with Crippen molar-refractivity contribution >= 4 is 32.8 Å². The number of pyridine rings is 3. The topological polar surface area (TPSA) is 38.7 Å². The molecule has 5 rings (SSSR count). The van der Waals surface area contributed by atoms with Crippen LogP contribution in [0.2, 0.25) is 0 Å². The van der Waals surface area contributed by atoms with Crippen LogP contribution in [-0.2, 0) is 0 Å². The minimum Gasteiger partial charge on any atom is -0.248 e. The van der Waals surface area contributed by atoms with Crippen LogP contribution in [0.5, 0.6) is 0 Å². The maximum atomic E-state index is 4.58. The predicted octanol–water partition coefficient (Wildman–Crippen LogP) is 5.02. The number of nitrogens with zero attached hydrogens (tertiary/aromatic N) is 3. The van der Waals surface area contributed by atoms with Gasteiger partial charge < -0.3 is 0 Å². The van der Waals surface area contributed by atoms with E-state index < -0.39 is 0 Å². The molecular formula is C21H15N3. The van der Waals surface area contributed by atoms with Gasteiger partial charge in [0.25, 0.3) is 0 Å². The Morgan fingerprint density at radius 1 is 0.500 bits per heavy atom. The Kier molecular flexibility index (Phi) is 3.82. The average Bonchev–Trinajstić information content (AvgIpc) is 2.67. The summed E-state index contributed by atoms with van der Waals surface area (Å²) in [5.74, 6) is 0. The molecule has 0 spiro atoms. The fourth-order valence-corrected chi connectivity index (χ4v) is 2.63. The Hall–Kier alpha value is -3.33. The van der Waals surface area contributed by atoms with Crippen LogP contribution in [0.4, 0.5) is 0 Å². The maximum absolute atomic E-state index is 4.58. The average molecular weight is 309 g/mol. The number of para-hydroxylation sites is 2. The fraction of sp³-hybridized carbons (Fsp3) is 0. The molecule has 0 atom stereocenters. The lowest BCUT2D eigenvalue weighted by atomic mass is 10.1. The molecule has 24 heavy (non-hydrogen) atoms. The van der Waals surface area contributed by atoms with Crippen molar-refractivity contribution in [1.29, 1.82) is 0 Å². The lowest BCUT2D eigenvalue weighted by Gasteiger charge is -1.99. The van der Waals surface area contributed by atoms with Gasteiger partial charge in [0.15, 0.2) is 5.65 Å². The Balaban J connectivity index is 0.000000129. The number of hydrogen-bond acceptors (Lipinski definition) is 3. The molecule has 0 bridgehead atoms. The van der Waals surface area contributed by atoms with Crippen LogP contribution < -0.4 is 0 Å². The van der Waals surface area contributed by atoms with Crippen molar-refractivity contribution in [3.8, 4) is 0 Å². The van der Waals surface area contributed by atoms with Gasteiger partial charge in [0.05, 0.1) is 11.0 Å². The van der Waals surface area contributed by atoms with Crippen molar-refractivity contribution in [2.75, 3.05) is 0 Å². The molecule has 0 aliphatic carbocycles. The molecule has 114 valence electrons. The highest BCUT2D eigenvalue weighted by Gasteiger charge is 1.96. The summed E-state index contributed by atoms with van der Waals surface area (Å²) in [6, 6.07) is 26.4. The van der Waals surface area contributed by atoms with Gasteiger partial charge in [-0.3, -0.25) is 0 Å². The van der Waals surface area contributed by atoms with E-state index in [-0.39, 0.29) is 0 Å². The van der Waals surface area contributed by atoms with Gasteiger partial charge in [-0.05, 0) is 42.5 Å². The van der Waals surface area contributed by atoms with Crippen LogP contribution in [0.15, 0.2) is 91.3 Å². The maximum Gasteiger partial charge on any atom is 0.159 e. The van der Waals surface area contributed by atoms with Crippen LogP contribution in [0.1, 0.15) is 0 Å². The summed E-state index contributed by atoms with van der Waals surface area (Å²) >= 11 is 0. The van der Waals surface area contributed by atoms with Gasteiger partial charge in [0.2, 0.25) is 0 Å². The normalized spacial score (nSPS) is 10.5. The van der Waals surface area contributed by atoms with Crippen molar-refractivity contribution in [3.63, 3.8) is 0 Å². The molecule has 0 radical (unpaired) electrons. The largest absolute Gasteiger partial charge is 0.248 e. The molecule has 3 aromatic heterocycles. The highest BCUT2D eigenvalue weighted by atomic mass is 14.8. The predicted molar refractivity (Wildman–Crippen MR) is 98.8 cm³/mol. The molecule has 0 aliphatic heterocycles. The summed E-state index contributed by atoms with van der Waals surface area (Å²) in [5, 5.41) is 3.49. The zero-order valence-corrected chi connectivity index (χ0v) is 13.0. The number of rotatable bonds is 0. The van der Waals surface area contributed by atoms with E-state index in [1.165, 1.54) is 10.8 Å². The van der Waals surface area contributed by atoms with Gasteiger partial charge >= 0.3 is 0 Å². The summed E-state index contributed by atoms with van der Waals surface area (Å²) in [7, 11) is 0. The van der Waals surface area contributed by atoms with Crippen molar-refractivity contribution in [2.45, 2.75) is 0 Å². The monoisotopic (exact) mass is 309 g/mol. The standard InChI is InChI=1S/C13H9N.C8H6N2/c1-3-7-12-10(5-1)9-11-6-2-4-8-13(11)14-12;1-3-7-4-2-6-10-8(7)9-5-1/h1-9H;1-6H. The molecule has 5 aromatic rings. The second-order valence-electron chi connectivity index (χ2n) is 5.43. The molecule has 0 amide bonds. The number of fused-ring (bicyclic) bond motifs is 3. The highest BCUT2D eigenvalue weighted by Crippen LogP contribution is 2.18. The summed E-state index contributed by atoms with van der Waals surface area (Å²) in [6.07, 6.45) is 3.49. The zero-order chi connectivity index (χ0) is 16.2. The van der Waals surface area contributed by atoms with E-state index in [2.05, 4.69) is 33.2 Å². The molecule has 0 N–H and O–H groups in total. The summed E-state index contributed by atoms with van der Waals surface area (Å²) < 4.78 is 0. The number of hydrogen-bond donors (Lipinski definition) is 0. The molecular weight excluding hydrogens is 294 g/mol. The fourth-order valence-electron chi connectivity index (χ4n) is 2.63. The first-order chi connectivity index (χ1) is 11.9. The van der Waals surface area contributed by atoms with Gasteiger partial charge in [-0.15, -0.1) is 0 Å². The Bertz CT molecular complexity index is 949. The Labute approximate surface area is 139 Å². The molecule has 0 saturated heterocycles. The van der Waals surface area contributed by atoms with E-state index in [0.717, 1.165) is 22.1 Å². The SMILES string of the molecule is c1ccc2nc3ccccc3cc2c1.c1cnc2ncccc2c1. The third-order valence-corrected chi connectivity index (χ3v) is 3.80. The zero-order valence-electron chi connectivity index (χ0n) is 13.0. The van der Waals surface area contributed by atoms with Gasteiger partial charge in [-0.2, -0.15) is 0 Å². The van der Waals surface area contributed by atoms with E-state index in [4.69, 9.17) is 0 Å². The molecule has 3 nitrogen and oxygen atoms in total. The number of benzene rings is 2. The van der Waals surface area contributed by atoms with Gasteiger partial charge in [0, 0.05) is 28.6 Å². The second kappa shape index (κ2) is 6.42. The smallest absolute Gasteiger partial charge is 0.159 e. The van der Waals surface area contributed by atoms with Gasteiger partial charge in [-0.25, -0.2) is 15.0 Å². The lowest BCUT2D eigenvalue weighted by molar-refractivity contribution is 1.29. The lowest BCUT2D eigenvalue weighted by Crippen LogP contribution is -1.80. The third-order valence-electron chi connectivity index (χ3n) is 3.80. The number of aromatic nitrogens is 3. The van der Waals surface area contributed by atoms with E-state index in [0.29, 0.717) is 0 Å². The minimum atomic E-state index is 0.810. The molecule has 2 aromatic carbocycles. The first-order valence-corrected chi connectivity index (χ1v) is 7.80. The van der Waals surface area contributed by atoms with E-state index in [9.17, 15) is 0 Å². The first kappa shape index (κ1) is 14.3.